The zero-order valence-electron chi connectivity index (χ0n) is 10.9. The van der Waals surface area contributed by atoms with Crippen LogP contribution in [0.5, 0.6) is 0 Å². The van der Waals surface area contributed by atoms with Crippen LogP contribution >= 0.6 is 0 Å². The van der Waals surface area contributed by atoms with E-state index in [9.17, 15) is 9.50 Å². The smallest absolute Gasteiger partial charge is 0.145 e. The van der Waals surface area contributed by atoms with Gasteiger partial charge in [-0.25, -0.2) is 4.39 Å². The van der Waals surface area contributed by atoms with Crippen molar-refractivity contribution in [2.24, 2.45) is 0 Å². The Morgan fingerprint density at radius 1 is 1.32 bits per heavy atom. The van der Waals surface area contributed by atoms with Crippen LogP contribution in [0, 0.1) is 17.1 Å². The van der Waals surface area contributed by atoms with Crippen LogP contribution in [0.3, 0.4) is 0 Å². The number of aliphatic hydroxyl groups is 1. The number of halogens is 1. The lowest BCUT2D eigenvalue weighted by Crippen LogP contribution is -2.38. The highest BCUT2D eigenvalue weighted by Crippen LogP contribution is 2.19. The van der Waals surface area contributed by atoms with Crippen LogP contribution < -0.4 is 5.32 Å². The highest BCUT2D eigenvalue weighted by molar-refractivity contribution is 5.34. The predicted octanol–water partition coefficient (Wildman–Crippen LogP) is 2.48. The molecule has 2 unspecified atom stereocenters. The Labute approximate surface area is 113 Å². The van der Waals surface area contributed by atoms with Gasteiger partial charge in [0, 0.05) is 18.2 Å². The normalized spacial score (nSPS) is 23.6. The lowest BCUT2D eigenvalue weighted by atomic mass is 10.0. The number of aliphatic hydroxyl groups excluding tert-OH is 1. The van der Waals surface area contributed by atoms with Gasteiger partial charge in [-0.2, -0.15) is 5.26 Å². The van der Waals surface area contributed by atoms with Gasteiger partial charge < -0.3 is 10.4 Å². The Morgan fingerprint density at radius 3 is 2.89 bits per heavy atom. The van der Waals surface area contributed by atoms with Crippen molar-refractivity contribution in [2.75, 3.05) is 0 Å². The second kappa shape index (κ2) is 6.65. The van der Waals surface area contributed by atoms with Crippen molar-refractivity contribution in [1.29, 1.82) is 5.26 Å². The molecule has 0 spiro atoms. The van der Waals surface area contributed by atoms with E-state index in [0.29, 0.717) is 12.1 Å². The van der Waals surface area contributed by atoms with Gasteiger partial charge in [0.2, 0.25) is 0 Å². The molecule has 1 aromatic carbocycles. The number of nitriles is 1. The Morgan fingerprint density at radius 2 is 2.11 bits per heavy atom. The topological polar surface area (TPSA) is 56.0 Å². The number of nitrogens with zero attached hydrogens (tertiary/aromatic N) is 1. The van der Waals surface area contributed by atoms with Crippen molar-refractivity contribution in [2.45, 2.75) is 50.8 Å². The maximum atomic E-state index is 13.9. The summed E-state index contributed by atoms with van der Waals surface area (Å²) in [4.78, 5) is 0. The van der Waals surface area contributed by atoms with Crippen molar-refractivity contribution < 1.29 is 9.50 Å². The summed E-state index contributed by atoms with van der Waals surface area (Å²) in [6, 6.07) is 6.69. The standard InChI is InChI=1S/C15H19FN2O/c16-15-11(9-17)5-4-6-12(15)10-18-13-7-2-1-3-8-14(13)19/h4-6,13-14,18-19H,1-3,7-8,10H2. The molecule has 0 radical (unpaired) electrons. The molecule has 1 saturated carbocycles. The van der Waals surface area contributed by atoms with Crippen molar-refractivity contribution in [3.8, 4) is 6.07 Å². The van der Waals surface area contributed by atoms with Crippen LogP contribution in [0.1, 0.15) is 43.2 Å². The first kappa shape index (κ1) is 14.0. The van der Waals surface area contributed by atoms with Crippen molar-refractivity contribution in [3.05, 3.63) is 35.1 Å². The van der Waals surface area contributed by atoms with Gasteiger partial charge >= 0.3 is 0 Å². The van der Waals surface area contributed by atoms with Crippen LogP contribution in [-0.2, 0) is 6.54 Å². The molecule has 0 amide bonds. The molecule has 3 nitrogen and oxygen atoms in total. The third-order valence-corrected chi connectivity index (χ3v) is 3.73. The van der Waals surface area contributed by atoms with Crippen LogP contribution in [0.2, 0.25) is 0 Å². The van der Waals surface area contributed by atoms with Crippen molar-refractivity contribution in [3.63, 3.8) is 0 Å². The largest absolute Gasteiger partial charge is 0.392 e. The minimum atomic E-state index is -0.458. The fourth-order valence-electron chi connectivity index (χ4n) is 2.57. The minimum Gasteiger partial charge on any atom is -0.392 e. The molecule has 0 saturated heterocycles. The summed E-state index contributed by atoms with van der Waals surface area (Å²) >= 11 is 0. The summed E-state index contributed by atoms with van der Waals surface area (Å²) < 4.78 is 13.9. The zero-order chi connectivity index (χ0) is 13.7. The molecular weight excluding hydrogens is 243 g/mol. The summed E-state index contributed by atoms with van der Waals surface area (Å²) in [7, 11) is 0. The summed E-state index contributed by atoms with van der Waals surface area (Å²) in [5.41, 5.74) is 0.552. The van der Waals surface area contributed by atoms with E-state index in [2.05, 4.69) is 5.32 Å². The van der Waals surface area contributed by atoms with Crippen molar-refractivity contribution >= 4 is 0 Å². The van der Waals surface area contributed by atoms with E-state index in [-0.39, 0.29) is 17.7 Å². The monoisotopic (exact) mass is 262 g/mol. The predicted molar refractivity (Wildman–Crippen MR) is 70.8 cm³/mol. The van der Waals surface area contributed by atoms with E-state index in [1.54, 1.807) is 12.1 Å². The summed E-state index contributed by atoms with van der Waals surface area (Å²) in [5, 5.41) is 22.0. The molecule has 2 N–H and O–H groups in total. The van der Waals surface area contributed by atoms with Crippen LogP contribution in [0.15, 0.2) is 18.2 Å². The Kier molecular flexibility index (Phi) is 4.89. The SMILES string of the molecule is N#Cc1cccc(CNC2CCCCCC2O)c1F. The Balaban J connectivity index is 2.00. The molecule has 0 aliphatic heterocycles. The first-order valence-electron chi connectivity index (χ1n) is 6.81. The first-order valence-corrected chi connectivity index (χ1v) is 6.81. The van der Waals surface area contributed by atoms with Gasteiger partial charge in [0.15, 0.2) is 0 Å². The number of hydrogen-bond donors (Lipinski definition) is 2. The Hall–Kier alpha value is -1.44. The minimum absolute atomic E-state index is 0.0210. The third kappa shape index (κ3) is 3.52. The van der Waals surface area contributed by atoms with Gasteiger partial charge in [-0.1, -0.05) is 31.4 Å². The van der Waals surface area contributed by atoms with Gasteiger partial charge in [-0.3, -0.25) is 0 Å². The second-order valence-electron chi connectivity index (χ2n) is 5.08. The molecule has 0 bridgehead atoms. The second-order valence-corrected chi connectivity index (χ2v) is 5.08. The maximum absolute atomic E-state index is 13.9. The lowest BCUT2D eigenvalue weighted by molar-refractivity contribution is 0.119. The average Bonchev–Trinajstić information content (AvgIpc) is 2.62. The van der Waals surface area contributed by atoms with E-state index >= 15 is 0 Å². The fraction of sp³-hybridized carbons (Fsp3) is 0.533. The summed E-state index contributed by atoms with van der Waals surface area (Å²) in [6.45, 7) is 0.350. The van der Waals surface area contributed by atoms with E-state index in [4.69, 9.17) is 5.26 Å². The molecule has 1 fully saturated rings. The molecule has 1 aliphatic carbocycles. The number of rotatable bonds is 3. The van der Waals surface area contributed by atoms with Gasteiger partial charge in [0.25, 0.3) is 0 Å². The molecule has 0 aromatic heterocycles. The van der Waals surface area contributed by atoms with Crippen molar-refractivity contribution in [1.82, 2.24) is 5.32 Å². The molecular formula is C15H19FN2O. The van der Waals surface area contributed by atoms with Gasteiger partial charge in [-0.15, -0.1) is 0 Å². The quantitative estimate of drug-likeness (QED) is 0.823. The molecule has 19 heavy (non-hydrogen) atoms. The molecule has 4 heteroatoms. The zero-order valence-corrected chi connectivity index (χ0v) is 10.9. The fourth-order valence-corrected chi connectivity index (χ4v) is 2.57. The molecule has 0 heterocycles. The Bertz CT molecular complexity index is 470. The molecule has 102 valence electrons. The number of hydrogen-bond acceptors (Lipinski definition) is 3. The third-order valence-electron chi connectivity index (χ3n) is 3.73. The van der Waals surface area contributed by atoms with Gasteiger partial charge in [-0.05, 0) is 18.9 Å². The van der Waals surface area contributed by atoms with Crippen LogP contribution in [-0.4, -0.2) is 17.3 Å². The number of benzene rings is 1. The van der Waals surface area contributed by atoms with Gasteiger partial charge in [0.1, 0.15) is 11.9 Å². The van der Waals surface area contributed by atoms with Crippen LogP contribution in [0.4, 0.5) is 4.39 Å². The van der Waals surface area contributed by atoms with E-state index in [1.807, 2.05) is 6.07 Å². The van der Waals surface area contributed by atoms with E-state index < -0.39 is 5.82 Å². The number of nitrogens with one attached hydrogen (secondary N) is 1. The summed E-state index contributed by atoms with van der Waals surface area (Å²) in [6.07, 6.45) is 4.66. The van der Waals surface area contributed by atoms with Gasteiger partial charge in [0.05, 0.1) is 11.7 Å². The molecule has 2 rings (SSSR count). The van der Waals surface area contributed by atoms with E-state index in [1.165, 1.54) is 6.07 Å². The highest BCUT2D eigenvalue weighted by atomic mass is 19.1. The maximum Gasteiger partial charge on any atom is 0.145 e. The molecule has 2 atom stereocenters. The van der Waals surface area contributed by atoms with Crippen LogP contribution in [0.25, 0.3) is 0 Å². The molecule has 1 aromatic rings. The average molecular weight is 262 g/mol. The van der Waals surface area contributed by atoms with E-state index in [0.717, 1.165) is 32.1 Å². The lowest BCUT2D eigenvalue weighted by Gasteiger charge is -2.22. The summed E-state index contributed by atoms with van der Waals surface area (Å²) in [5.74, 6) is -0.458. The highest BCUT2D eigenvalue weighted by Gasteiger charge is 2.21. The molecule has 1 aliphatic rings. The first-order chi connectivity index (χ1) is 9.22.